The lowest BCUT2D eigenvalue weighted by Crippen LogP contribution is -2.49. The molecule has 35 heavy (non-hydrogen) atoms. The molecule has 1 heterocycles. The maximum absolute atomic E-state index is 11.0. The molecule has 0 spiro atoms. The number of hydrogen-bond donors (Lipinski definition) is 1. The molecular formula is C26H31N5O3S. The highest BCUT2D eigenvalue weighted by atomic mass is 32.1. The number of piperazine rings is 1. The number of rotatable bonds is 7. The first-order valence-corrected chi connectivity index (χ1v) is 12.5. The van der Waals surface area contributed by atoms with Crippen molar-refractivity contribution in [2.45, 2.75) is 44.8 Å². The summed E-state index contributed by atoms with van der Waals surface area (Å²) in [5.74, 6) is 0. The summed E-state index contributed by atoms with van der Waals surface area (Å²) in [6, 6.07) is 13.3. The number of nitrogens with zero attached hydrogens (tertiary/aromatic N) is 4. The lowest BCUT2D eigenvalue weighted by molar-refractivity contribution is -0.385. The number of thiocarbonyl (C=S) groups is 1. The Hall–Kier alpha value is -3.22. The molecule has 0 atom stereocenters. The van der Waals surface area contributed by atoms with Crippen LogP contribution in [0.2, 0.25) is 0 Å². The van der Waals surface area contributed by atoms with Crippen molar-refractivity contribution in [2.24, 2.45) is 0 Å². The fourth-order valence-electron chi connectivity index (χ4n) is 4.79. The van der Waals surface area contributed by atoms with Crippen molar-refractivity contribution in [2.75, 3.05) is 43.0 Å². The molecule has 1 saturated carbocycles. The van der Waals surface area contributed by atoms with Gasteiger partial charge in [-0.3, -0.25) is 10.1 Å². The summed E-state index contributed by atoms with van der Waals surface area (Å²) < 4.78 is 6.17. The van der Waals surface area contributed by atoms with Gasteiger partial charge in [-0.1, -0.05) is 24.4 Å². The number of ether oxygens (including phenoxy) is 1. The summed E-state index contributed by atoms with van der Waals surface area (Å²) in [5.41, 5.74) is 3.57. The fraction of sp³-hybridized carbons (Fsp3) is 0.462. The molecular weight excluding hydrogens is 462 g/mol. The largest absolute Gasteiger partial charge is 0.382 e. The third kappa shape index (κ3) is 6.47. The van der Waals surface area contributed by atoms with Crippen LogP contribution in [0.1, 0.15) is 31.2 Å². The van der Waals surface area contributed by atoms with Crippen LogP contribution < -0.4 is 10.2 Å². The molecule has 184 valence electrons. The summed E-state index contributed by atoms with van der Waals surface area (Å²) in [5, 5.41) is 14.5. The maximum atomic E-state index is 11.0. The van der Waals surface area contributed by atoms with Crippen LogP contribution in [0.4, 0.5) is 22.7 Å². The lowest BCUT2D eigenvalue weighted by atomic mass is 9.92. The second-order valence-electron chi connectivity index (χ2n) is 9.18. The van der Waals surface area contributed by atoms with E-state index in [1.54, 1.807) is 19.1 Å². The van der Waals surface area contributed by atoms with Crippen molar-refractivity contribution in [3.8, 4) is 0 Å². The van der Waals surface area contributed by atoms with E-state index in [9.17, 15) is 10.1 Å². The molecule has 2 aromatic rings. The molecule has 2 fully saturated rings. The van der Waals surface area contributed by atoms with Gasteiger partial charge in [-0.2, -0.15) is 0 Å². The standard InChI is InChI=1S/C26H31N5O3S/c1-19-17-22(7-12-25(19)31(32)33)28-21-5-10-24(11-6-21)34-18-26(35)30-15-13-29(14-16-30)23-8-3-20(27-2)4-9-23/h3-4,7-9,12,17,21,24,28H,5-6,10-11,13-16,18H2,1H3. The summed E-state index contributed by atoms with van der Waals surface area (Å²) >= 11 is 5.67. The molecule has 1 saturated heterocycles. The van der Waals surface area contributed by atoms with Gasteiger partial charge in [-0.25, -0.2) is 4.85 Å². The number of anilines is 2. The highest BCUT2D eigenvalue weighted by molar-refractivity contribution is 7.80. The normalized spacial score (nSPS) is 20.2. The predicted octanol–water partition coefficient (Wildman–Crippen LogP) is 5.34. The van der Waals surface area contributed by atoms with Crippen LogP contribution in [-0.2, 0) is 4.74 Å². The van der Waals surface area contributed by atoms with E-state index >= 15 is 0 Å². The molecule has 0 aromatic heterocycles. The topological polar surface area (TPSA) is 75.2 Å². The first-order valence-electron chi connectivity index (χ1n) is 12.1. The van der Waals surface area contributed by atoms with Crippen LogP contribution in [-0.4, -0.2) is 59.7 Å². The first kappa shape index (κ1) is 24.9. The smallest absolute Gasteiger partial charge is 0.272 e. The summed E-state index contributed by atoms with van der Waals surface area (Å²) in [6.07, 6.45) is 4.16. The zero-order valence-electron chi connectivity index (χ0n) is 20.0. The van der Waals surface area contributed by atoms with Crippen molar-refractivity contribution in [3.05, 3.63) is 69.6 Å². The Labute approximate surface area is 211 Å². The average Bonchev–Trinajstić information content (AvgIpc) is 2.88. The van der Waals surface area contributed by atoms with E-state index in [1.807, 2.05) is 30.3 Å². The summed E-state index contributed by atoms with van der Waals surface area (Å²) in [4.78, 5) is 19.6. The van der Waals surface area contributed by atoms with Gasteiger partial charge in [0.25, 0.3) is 5.69 Å². The maximum Gasteiger partial charge on any atom is 0.272 e. The molecule has 2 aromatic carbocycles. The first-order chi connectivity index (χ1) is 16.9. The predicted molar refractivity (Wildman–Crippen MR) is 143 cm³/mol. The van der Waals surface area contributed by atoms with E-state index in [-0.39, 0.29) is 16.7 Å². The molecule has 0 bridgehead atoms. The zero-order chi connectivity index (χ0) is 24.8. The van der Waals surface area contributed by atoms with E-state index in [2.05, 4.69) is 20.0 Å². The van der Waals surface area contributed by atoms with Crippen molar-refractivity contribution in [3.63, 3.8) is 0 Å². The third-order valence-corrected chi connectivity index (χ3v) is 7.23. The van der Waals surface area contributed by atoms with Crippen molar-refractivity contribution in [1.82, 2.24) is 4.90 Å². The molecule has 0 unspecified atom stereocenters. The number of benzene rings is 2. The van der Waals surface area contributed by atoms with Crippen LogP contribution in [0.25, 0.3) is 4.85 Å². The zero-order valence-corrected chi connectivity index (χ0v) is 20.8. The summed E-state index contributed by atoms with van der Waals surface area (Å²) in [6.45, 7) is 12.9. The van der Waals surface area contributed by atoms with Crippen LogP contribution in [0, 0.1) is 23.6 Å². The van der Waals surface area contributed by atoms with Gasteiger partial charge in [0.15, 0.2) is 5.69 Å². The van der Waals surface area contributed by atoms with E-state index in [0.717, 1.165) is 68.2 Å². The number of aryl methyl sites for hydroxylation is 1. The van der Waals surface area contributed by atoms with Gasteiger partial charge in [-0.05, 0) is 56.9 Å². The van der Waals surface area contributed by atoms with E-state index in [0.29, 0.717) is 23.9 Å². The Kier molecular flexibility index (Phi) is 8.16. The molecule has 4 rings (SSSR count). The molecule has 0 amide bonds. The van der Waals surface area contributed by atoms with Crippen LogP contribution in [0.3, 0.4) is 0 Å². The van der Waals surface area contributed by atoms with Gasteiger partial charge in [0.1, 0.15) is 4.99 Å². The minimum Gasteiger partial charge on any atom is -0.382 e. The van der Waals surface area contributed by atoms with Gasteiger partial charge in [0.05, 0.1) is 24.2 Å². The SMILES string of the molecule is [C-]#[N+]c1ccc(N2CCN(C(=S)COC3CCC(Nc4ccc([N+](=O)[O-])c(C)c4)CC3)CC2)cc1. The highest BCUT2D eigenvalue weighted by Crippen LogP contribution is 2.27. The van der Waals surface area contributed by atoms with E-state index in [4.69, 9.17) is 23.5 Å². The highest BCUT2D eigenvalue weighted by Gasteiger charge is 2.24. The molecule has 0 radical (unpaired) electrons. The fourth-order valence-corrected chi connectivity index (χ4v) is 5.04. The molecule has 2 aliphatic rings. The second kappa shape index (κ2) is 11.5. The van der Waals surface area contributed by atoms with Crippen molar-refractivity contribution in [1.29, 1.82) is 0 Å². The molecule has 1 aliphatic heterocycles. The van der Waals surface area contributed by atoms with Crippen molar-refractivity contribution >= 4 is 40.0 Å². The van der Waals surface area contributed by atoms with E-state index in [1.165, 1.54) is 0 Å². The average molecular weight is 494 g/mol. The van der Waals surface area contributed by atoms with Crippen LogP contribution in [0.5, 0.6) is 0 Å². The molecule has 9 heteroatoms. The molecule has 1 N–H and O–H groups in total. The Morgan fingerprint density at radius 1 is 1.14 bits per heavy atom. The number of nitro benzene ring substituents is 1. The second-order valence-corrected chi connectivity index (χ2v) is 9.65. The number of nitrogens with one attached hydrogen (secondary N) is 1. The quantitative estimate of drug-likeness (QED) is 0.241. The number of hydrogen-bond acceptors (Lipinski definition) is 6. The van der Waals surface area contributed by atoms with Gasteiger partial charge in [0, 0.05) is 55.2 Å². The molecule has 8 nitrogen and oxygen atoms in total. The van der Waals surface area contributed by atoms with Crippen LogP contribution in [0.15, 0.2) is 42.5 Å². The van der Waals surface area contributed by atoms with Gasteiger partial charge in [-0.15, -0.1) is 0 Å². The van der Waals surface area contributed by atoms with E-state index < -0.39 is 0 Å². The Morgan fingerprint density at radius 3 is 2.43 bits per heavy atom. The third-order valence-electron chi connectivity index (χ3n) is 6.86. The Bertz CT molecular complexity index is 1090. The van der Waals surface area contributed by atoms with Gasteiger partial charge >= 0.3 is 0 Å². The molecule has 1 aliphatic carbocycles. The minimum absolute atomic E-state index is 0.153. The minimum atomic E-state index is -0.345. The van der Waals surface area contributed by atoms with Crippen LogP contribution >= 0.6 is 12.2 Å². The summed E-state index contributed by atoms with van der Waals surface area (Å²) in [7, 11) is 0. The van der Waals surface area contributed by atoms with Crippen molar-refractivity contribution < 1.29 is 9.66 Å². The lowest BCUT2D eigenvalue weighted by Gasteiger charge is -2.38. The van der Waals surface area contributed by atoms with Gasteiger partial charge < -0.3 is 19.9 Å². The Balaban J connectivity index is 1.16. The van der Waals surface area contributed by atoms with Gasteiger partial charge in [0.2, 0.25) is 0 Å². The monoisotopic (exact) mass is 493 g/mol. The Morgan fingerprint density at radius 2 is 1.83 bits per heavy atom. The number of nitro groups is 1.